The Labute approximate surface area is 189 Å². The van der Waals surface area contributed by atoms with Crippen molar-refractivity contribution in [2.75, 3.05) is 20.3 Å². The third-order valence-electron chi connectivity index (χ3n) is 4.85. The van der Waals surface area contributed by atoms with E-state index in [1.165, 1.54) is 0 Å². The number of halogens is 1. The number of carbonyl (C=O) groups excluding carboxylic acids is 2. The van der Waals surface area contributed by atoms with Crippen molar-refractivity contribution in [3.63, 3.8) is 0 Å². The highest BCUT2D eigenvalue weighted by molar-refractivity contribution is 6.30. The Morgan fingerprint density at radius 2 is 1.71 bits per heavy atom. The van der Waals surface area contributed by atoms with Crippen LogP contribution in [0.1, 0.15) is 38.7 Å². The van der Waals surface area contributed by atoms with Gasteiger partial charge in [-0.05, 0) is 61.7 Å². The maximum absolute atomic E-state index is 13.0. The van der Waals surface area contributed by atoms with Gasteiger partial charge in [-0.15, -0.1) is 0 Å². The van der Waals surface area contributed by atoms with Gasteiger partial charge in [0.15, 0.2) is 0 Å². The maximum atomic E-state index is 13.0. The summed E-state index contributed by atoms with van der Waals surface area (Å²) in [4.78, 5) is 27.1. The summed E-state index contributed by atoms with van der Waals surface area (Å²) in [5, 5.41) is 3.50. The van der Waals surface area contributed by atoms with E-state index < -0.39 is 6.04 Å². The van der Waals surface area contributed by atoms with E-state index in [9.17, 15) is 9.59 Å². The van der Waals surface area contributed by atoms with Gasteiger partial charge in [-0.3, -0.25) is 9.59 Å². The molecule has 0 bridgehead atoms. The lowest BCUT2D eigenvalue weighted by molar-refractivity contribution is -0.140. The SMILES string of the molecule is CCCNC(=O)C(C)N(Cc1ccc(Cl)cc1)C(=O)CCCOc1ccc(OC)cc1. The molecule has 1 atom stereocenters. The van der Waals surface area contributed by atoms with Crippen LogP contribution in [-0.2, 0) is 16.1 Å². The zero-order chi connectivity index (χ0) is 22.6. The summed E-state index contributed by atoms with van der Waals surface area (Å²) in [6.45, 7) is 5.08. The van der Waals surface area contributed by atoms with Gasteiger partial charge in [0.25, 0.3) is 0 Å². The minimum atomic E-state index is -0.572. The Morgan fingerprint density at radius 1 is 1.06 bits per heavy atom. The zero-order valence-electron chi connectivity index (χ0n) is 18.4. The molecule has 0 saturated heterocycles. The summed E-state index contributed by atoms with van der Waals surface area (Å²) in [5.74, 6) is 1.24. The van der Waals surface area contributed by atoms with E-state index >= 15 is 0 Å². The molecule has 0 aliphatic heterocycles. The molecule has 31 heavy (non-hydrogen) atoms. The quantitative estimate of drug-likeness (QED) is 0.489. The summed E-state index contributed by atoms with van der Waals surface area (Å²) in [7, 11) is 1.61. The molecule has 0 spiro atoms. The van der Waals surface area contributed by atoms with Gasteiger partial charge >= 0.3 is 0 Å². The monoisotopic (exact) mass is 446 g/mol. The van der Waals surface area contributed by atoms with Crippen molar-refractivity contribution in [3.8, 4) is 11.5 Å². The summed E-state index contributed by atoms with van der Waals surface area (Å²) in [6, 6.07) is 14.0. The summed E-state index contributed by atoms with van der Waals surface area (Å²) < 4.78 is 10.8. The molecule has 6 nitrogen and oxygen atoms in total. The van der Waals surface area contributed by atoms with Gasteiger partial charge < -0.3 is 19.7 Å². The first-order valence-corrected chi connectivity index (χ1v) is 10.9. The van der Waals surface area contributed by atoms with Crippen molar-refractivity contribution in [2.24, 2.45) is 0 Å². The third-order valence-corrected chi connectivity index (χ3v) is 5.10. The Hall–Kier alpha value is -2.73. The first-order chi connectivity index (χ1) is 14.9. The van der Waals surface area contributed by atoms with Crippen LogP contribution in [0.15, 0.2) is 48.5 Å². The van der Waals surface area contributed by atoms with Crippen LogP contribution in [-0.4, -0.2) is 43.0 Å². The summed E-state index contributed by atoms with van der Waals surface area (Å²) in [5.41, 5.74) is 0.919. The summed E-state index contributed by atoms with van der Waals surface area (Å²) >= 11 is 5.97. The Morgan fingerprint density at radius 3 is 2.32 bits per heavy atom. The molecule has 2 aromatic carbocycles. The number of nitrogens with one attached hydrogen (secondary N) is 1. The molecule has 1 N–H and O–H groups in total. The standard InChI is InChI=1S/C24H31ClN2O4/c1-4-15-26-24(29)18(2)27(17-19-7-9-20(25)10-8-19)23(28)6-5-16-31-22-13-11-21(30-3)12-14-22/h7-14,18H,4-6,15-17H2,1-3H3,(H,26,29). The van der Waals surface area contributed by atoms with Crippen LogP contribution < -0.4 is 14.8 Å². The van der Waals surface area contributed by atoms with Gasteiger partial charge in [0.05, 0.1) is 13.7 Å². The van der Waals surface area contributed by atoms with Crippen LogP contribution in [0.5, 0.6) is 11.5 Å². The average molecular weight is 447 g/mol. The predicted molar refractivity (Wildman–Crippen MR) is 122 cm³/mol. The van der Waals surface area contributed by atoms with E-state index in [0.29, 0.717) is 31.1 Å². The number of methoxy groups -OCH3 is 1. The number of hydrogen-bond acceptors (Lipinski definition) is 4. The van der Waals surface area contributed by atoms with Gasteiger partial charge in [-0.1, -0.05) is 30.7 Å². The van der Waals surface area contributed by atoms with E-state index in [2.05, 4.69) is 5.32 Å². The molecule has 168 valence electrons. The minimum Gasteiger partial charge on any atom is -0.497 e. The lowest BCUT2D eigenvalue weighted by Gasteiger charge is -2.29. The van der Waals surface area contributed by atoms with Crippen LogP contribution in [0.4, 0.5) is 0 Å². The molecule has 7 heteroatoms. The van der Waals surface area contributed by atoms with Gasteiger partial charge in [0.2, 0.25) is 11.8 Å². The smallest absolute Gasteiger partial charge is 0.242 e. The Bertz CT molecular complexity index is 824. The van der Waals surface area contributed by atoms with E-state index in [4.69, 9.17) is 21.1 Å². The molecule has 1 unspecified atom stereocenters. The van der Waals surface area contributed by atoms with Crippen molar-refractivity contribution >= 4 is 23.4 Å². The third kappa shape index (κ3) is 8.13. The number of hydrogen-bond donors (Lipinski definition) is 1. The topological polar surface area (TPSA) is 67.9 Å². The molecule has 0 aliphatic rings. The van der Waals surface area contributed by atoms with Crippen molar-refractivity contribution in [1.29, 1.82) is 0 Å². The molecule has 0 saturated carbocycles. The van der Waals surface area contributed by atoms with Gasteiger partial charge in [-0.25, -0.2) is 0 Å². The number of nitrogens with zero attached hydrogens (tertiary/aromatic N) is 1. The van der Waals surface area contributed by atoms with E-state index in [-0.39, 0.29) is 18.2 Å². The van der Waals surface area contributed by atoms with Crippen LogP contribution in [0.25, 0.3) is 0 Å². The second-order valence-corrected chi connectivity index (χ2v) is 7.68. The van der Waals surface area contributed by atoms with Crippen molar-refractivity contribution in [3.05, 3.63) is 59.1 Å². The first kappa shape index (κ1) is 24.5. The fourth-order valence-corrected chi connectivity index (χ4v) is 3.12. The van der Waals surface area contributed by atoms with E-state index in [0.717, 1.165) is 23.5 Å². The van der Waals surface area contributed by atoms with Crippen LogP contribution in [0.3, 0.4) is 0 Å². The summed E-state index contributed by atoms with van der Waals surface area (Å²) in [6.07, 6.45) is 1.67. The number of ether oxygens (including phenoxy) is 2. The number of benzene rings is 2. The fraction of sp³-hybridized carbons (Fsp3) is 0.417. The van der Waals surface area contributed by atoms with Gasteiger partial charge in [-0.2, -0.15) is 0 Å². The second-order valence-electron chi connectivity index (χ2n) is 7.24. The lowest BCUT2D eigenvalue weighted by Crippen LogP contribution is -2.47. The zero-order valence-corrected chi connectivity index (χ0v) is 19.2. The molecular formula is C24H31ClN2O4. The van der Waals surface area contributed by atoms with Crippen molar-refractivity contribution in [2.45, 2.75) is 45.7 Å². The lowest BCUT2D eigenvalue weighted by atomic mass is 10.1. The normalized spacial score (nSPS) is 11.5. The van der Waals surface area contributed by atoms with Crippen molar-refractivity contribution in [1.82, 2.24) is 10.2 Å². The van der Waals surface area contributed by atoms with E-state index in [1.807, 2.05) is 43.3 Å². The molecule has 0 aliphatic carbocycles. The molecule has 2 amide bonds. The minimum absolute atomic E-state index is 0.0903. The second kappa shape index (κ2) is 12.8. The molecular weight excluding hydrogens is 416 g/mol. The average Bonchev–Trinajstić information content (AvgIpc) is 2.79. The molecule has 0 heterocycles. The molecule has 2 rings (SSSR count). The number of carbonyl (C=O) groups is 2. The number of amides is 2. The first-order valence-electron chi connectivity index (χ1n) is 10.5. The van der Waals surface area contributed by atoms with Gasteiger partial charge in [0.1, 0.15) is 17.5 Å². The van der Waals surface area contributed by atoms with Crippen LogP contribution in [0, 0.1) is 0 Å². The molecule has 0 fully saturated rings. The van der Waals surface area contributed by atoms with Crippen LogP contribution >= 0.6 is 11.6 Å². The predicted octanol–water partition coefficient (Wildman–Crippen LogP) is 4.45. The highest BCUT2D eigenvalue weighted by Crippen LogP contribution is 2.18. The molecule has 0 radical (unpaired) electrons. The van der Waals surface area contributed by atoms with Crippen LogP contribution in [0.2, 0.25) is 5.02 Å². The highest BCUT2D eigenvalue weighted by Gasteiger charge is 2.25. The largest absolute Gasteiger partial charge is 0.497 e. The van der Waals surface area contributed by atoms with E-state index in [1.54, 1.807) is 31.1 Å². The maximum Gasteiger partial charge on any atom is 0.242 e. The fourth-order valence-electron chi connectivity index (χ4n) is 2.99. The van der Waals surface area contributed by atoms with Gasteiger partial charge in [0, 0.05) is 24.5 Å². The van der Waals surface area contributed by atoms with Crippen molar-refractivity contribution < 1.29 is 19.1 Å². The molecule has 0 aromatic heterocycles. The Balaban J connectivity index is 1.95. The number of rotatable bonds is 12. The Kier molecular flexibility index (Phi) is 10.2. The molecule has 2 aromatic rings. The highest BCUT2D eigenvalue weighted by atomic mass is 35.5.